The summed E-state index contributed by atoms with van der Waals surface area (Å²) in [7, 11) is 0. The Balaban J connectivity index is 0.00000225. The predicted octanol–water partition coefficient (Wildman–Crippen LogP) is 3.23. The first kappa shape index (κ1) is 15.7. The lowest BCUT2D eigenvalue weighted by Gasteiger charge is -2.21. The van der Waals surface area contributed by atoms with Crippen molar-refractivity contribution in [3.63, 3.8) is 0 Å². The molecule has 0 saturated heterocycles. The monoisotopic (exact) mass is 263 g/mol. The number of aryl methyl sites for hydroxylation is 1. The molecule has 92 valence electrons. The first-order valence-corrected chi connectivity index (χ1v) is 5.64. The molecule has 0 heterocycles. The van der Waals surface area contributed by atoms with E-state index in [4.69, 9.17) is 17.3 Å². The van der Waals surface area contributed by atoms with Gasteiger partial charge >= 0.3 is 0 Å². The van der Waals surface area contributed by atoms with Crippen molar-refractivity contribution in [2.45, 2.75) is 38.8 Å². The molecule has 0 aliphatic rings. The Hall–Kier alpha value is -0.280. The van der Waals surface area contributed by atoms with E-state index in [1.54, 1.807) is 0 Å². The summed E-state index contributed by atoms with van der Waals surface area (Å²) in [5.74, 6) is 0. The first-order chi connectivity index (χ1) is 7.07. The maximum absolute atomic E-state index is 9.84. The van der Waals surface area contributed by atoms with Gasteiger partial charge in [-0.2, -0.15) is 0 Å². The molecule has 1 rings (SSSR count). The Morgan fingerprint density at radius 2 is 2.06 bits per heavy atom. The molecule has 2 atom stereocenters. The summed E-state index contributed by atoms with van der Waals surface area (Å²) in [6, 6.07) is 5.26. The number of aliphatic hydroxyl groups is 1. The van der Waals surface area contributed by atoms with Crippen molar-refractivity contribution in [3.8, 4) is 0 Å². The average molecular weight is 264 g/mol. The van der Waals surface area contributed by atoms with Gasteiger partial charge in [-0.15, -0.1) is 12.4 Å². The Morgan fingerprint density at radius 3 is 2.56 bits per heavy atom. The van der Waals surface area contributed by atoms with E-state index in [1.807, 2.05) is 32.0 Å². The highest BCUT2D eigenvalue weighted by Gasteiger charge is 2.19. The number of hydrogen-bond donors (Lipinski definition) is 2. The molecule has 4 heteroatoms. The SMILES string of the molecule is CCC[C@@H](O)[C@@H](N)c1c(C)cccc1Cl.Cl. The number of nitrogens with two attached hydrogens (primary N) is 1. The highest BCUT2D eigenvalue weighted by Crippen LogP contribution is 2.28. The van der Waals surface area contributed by atoms with Crippen molar-refractivity contribution in [2.24, 2.45) is 5.73 Å². The van der Waals surface area contributed by atoms with Crippen LogP contribution in [0.1, 0.15) is 36.9 Å². The van der Waals surface area contributed by atoms with Crippen LogP contribution >= 0.6 is 24.0 Å². The van der Waals surface area contributed by atoms with Crippen molar-refractivity contribution < 1.29 is 5.11 Å². The Morgan fingerprint density at radius 1 is 1.44 bits per heavy atom. The van der Waals surface area contributed by atoms with Gasteiger partial charge in [0.1, 0.15) is 0 Å². The second kappa shape index (κ2) is 7.13. The zero-order valence-corrected chi connectivity index (χ0v) is 11.2. The van der Waals surface area contributed by atoms with E-state index in [9.17, 15) is 5.11 Å². The van der Waals surface area contributed by atoms with E-state index in [2.05, 4.69) is 0 Å². The van der Waals surface area contributed by atoms with E-state index in [0.29, 0.717) is 11.4 Å². The fraction of sp³-hybridized carbons (Fsp3) is 0.500. The topological polar surface area (TPSA) is 46.2 Å². The Kier molecular flexibility index (Phi) is 7.00. The minimum atomic E-state index is -0.520. The van der Waals surface area contributed by atoms with E-state index < -0.39 is 12.1 Å². The van der Waals surface area contributed by atoms with Crippen LogP contribution < -0.4 is 5.73 Å². The zero-order chi connectivity index (χ0) is 11.4. The molecule has 0 unspecified atom stereocenters. The maximum Gasteiger partial charge on any atom is 0.0733 e. The van der Waals surface area contributed by atoms with Crippen LogP contribution in [0.2, 0.25) is 5.02 Å². The first-order valence-electron chi connectivity index (χ1n) is 5.26. The fourth-order valence-electron chi connectivity index (χ4n) is 1.73. The van der Waals surface area contributed by atoms with Crippen LogP contribution in [-0.2, 0) is 0 Å². The number of benzene rings is 1. The number of hydrogen-bond acceptors (Lipinski definition) is 2. The van der Waals surface area contributed by atoms with Gasteiger partial charge in [0.15, 0.2) is 0 Å². The molecule has 0 saturated carbocycles. The number of aliphatic hydroxyl groups excluding tert-OH is 1. The van der Waals surface area contributed by atoms with Crippen molar-refractivity contribution in [1.82, 2.24) is 0 Å². The van der Waals surface area contributed by atoms with Gasteiger partial charge in [0.05, 0.1) is 12.1 Å². The van der Waals surface area contributed by atoms with Gasteiger partial charge in [-0.25, -0.2) is 0 Å². The van der Waals surface area contributed by atoms with Crippen LogP contribution in [0.3, 0.4) is 0 Å². The molecule has 16 heavy (non-hydrogen) atoms. The summed E-state index contributed by atoms with van der Waals surface area (Å²) in [6.45, 7) is 3.98. The fourth-order valence-corrected chi connectivity index (χ4v) is 2.08. The van der Waals surface area contributed by atoms with Crippen LogP contribution in [0.5, 0.6) is 0 Å². The third kappa shape index (κ3) is 3.63. The molecule has 1 aromatic carbocycles. The Labute approximate surface area is 108 Å². The molecule has 2 nitrogen and oxygen atoms in total. The van der Waals surface area contributed by atoms with Crippen LogP contribution in [0, 0.1) is 6.92 Å². The molecule has 3 N–H and O–H groups in total. The Bertz CT molecular complexity index is 311. The lowest BCUT2D eigenvalue weighted by Crippen LogP contribution is -2.27. The molecular weight excluding hydrogens is 245 g/mol. The zero-order valence-electron chi connectivity index (χ0n) is 9.61. The van der Waals surface area contributed by atoms with Gasteiger partial charge < -0.3 is 10.8 Å². The number of rotatable bonds is 4. The molecule has 0 bridgehead atoms. The van der Waals surface area contributed by atoms with E-state index in [0.717, 1.165) is 17.5 Å². The van der Waals surface area contributed by atoms with Crippen LogP contribution in [0.25, 0.3) is 0 Å². The van der Waals surface area contributed by atoms with Gasteiger partial charge in [0, 0.05) is 5.02 Å². The highest BCUT2D eigenvalue weighted by atomic mass is 35.5. The lowest BCUT2D eigenvalue weighted by atomic mass is 9.95. The quantitative estimate of drug-likeness (QED) is 0.877. The third-order valence-corrected chi connectivity index (χ3v) is 2.93. The minimum Gasteiger partial charge on any atom is -0.391 e. The van der Waals surface area contributed by atoms with Gasteiger partial charge in [0.2, 0.25) is 0 Å². The normalized spacial score (nSPS) is 14.1. The standard InChI is InChI=1S/C12H18ClNO.ClH/c1-3-5-10(15)12(14)11-8(2)6-4-7-9(11)13;/h4,6-7,10,12,15H,3,5,14H2,1-2H3;1H/t10-,12-;/m1./s1. The molecule has 1 aromatic rings. The maximum atomic E-state index is 9.84. The molecule has 0 aliphatic heterocycles. The summed E-state index contributed by atoms with van der Waals surface area (Å²) in [4.78, 5) is 0. The van der Waals surface area contributed by atoms with Crippen molar-refractivity contribution in [2.75, 3.05) is 0 Å². The van der Waals surface area contributed by atoms with Gasteiger partial charge in [-0.05, 0) is 30.5 Å². The largest absolute Gasteiger partial charge is 0.391 e. The average Bonchev–Trinajstić information content (AvgIpc) is 2.17. The molecular formula is C12H19Cl2NO. The van der Waals surface area contributed by atoms with Crippen LogP contribution in [0.4, 0.5) is 0 Å². The number of halogens is 2. The van der Waals surface area contributed by atoms with E-state index in [-0.39, 0.29) is 12.4 Å². The molecule has 0 spiro atoms. The van der Waals surface area contributed by atoms with Crippen LogP contribution in [-0.4, -0.2) is 11.2 Å². The smallest absolute Gasteiger partial charge is 0.0733 e. The van der Waals surface area contributed by atoms with E-state index >= 15 is 0 Å². The summed E-state index contributed by atoms with van der Waals surface area (Å²) in [5, 5.41) is 10.5. The lowest BCUT2D eigenvalue weighted by molar-refractivity contribution is 0.134. The molecule has 0 radical (unpaired) electrons. The van der Waals surface area contributed by atoms with Gasteiger partial charge in [-0.3, -0.25) is 0 Å². The minimum absolute atomic E-state index is 0. The third-order valence-electron chi connectivity index (χ3n) is 2.60. The van der Waals surface area contributed by atoms with Crippen molar-refractivity contribution in [3.05, 3.63) is 34.3 Å². The summed E-state index contributed by atoms with van der Waals surface area (Å²) in [6.07, 6.45) is 1.10. The molecule has 0 aliphatic carbocycles. The highest BCUT2D eigenvalue weighted by molar-refractivity contribution is 6.31. The van der Waals surface area contributed by atoms with Gasteiger partial charge in [0.25, 0.3) is 0 Å². The van der Waals surface area contributed by atoms with Crippen molar-refractivity contribution in [1.29, 1.82) is 0 Å². The van der Waals surface area contributed by atoms with Crippen molar-refractivity contribution >= 4 is 24.0 Å². The predicted molar refractivity (Wildman–Crippen MR) is 71.3 cm³/mol. The second-order valence-electron chi connectivity index (χ2n) is 3.85. The molecule has 0 fully saturated rings. The second-order valence-corrected chi connectivity index (χ2v) is 4.26. The van der Waals surface area contributed by atoms with Crippen LogP contribution in [0.15, 0.2) is 18.2 Å². The summed E-state index contributed by atoms with van der Waals surface area (Å²) in [5.41, 5.74) is 7.89. The summed E-state index contributed by atoms with van der Waals surface area (Å²) < 4.78 is 0. The molecule has 0 amide bonds. The van der Waals surface area contributed by atoms with Gasteiger partial charge in [-0.1, -0.05) is 37.1 Å². The molecule has 0 aromatic heterocycles. The van der Waals surface area contributed by atoms with E-state index in [1.165, 1.54) is 0 Å². The summed E-state index contributed by atoms with van der Waals surface area (Å²) >= 11 is 6.08.